The number of carbonyl (C=O) groups excluding carboxylic acids is 1. The van der Waals surface area contributed by atoms with E-state index in [2.05, 4.69) is 26.0 Å². The number of nitrogens with zero attached hydrogens (tertiary/aromatic N) is 4. The van der Waals surface area contributed by atoms with Crippen LogP contribution in [0.15, 0.2) is 0 Å². The number of urea groups is 1. The van der Waals surface area contributed by atoms with Crippen molar-refractivity contribution in [3.05, 3.63) is 5.82 Å². The Labute approximate surface area is 104 Å². The van der Waals surface area contributed by atoms with Gasteiger partial charge in [-0.15, -0.1) is 10.2 Å². The number of aryl methyl sites for hydroxylation is 1. The van der Waals surface area contributed by atoms with Crippen LogP contribution in [-0.4, -0.2) is 43.4 Å². The number of amides is 2. The zero-order valence-electron chi connectivity index (χ0n) is 10.4. The van der Waals surface area contributed by atoms with Gasteiger partial charge in [-0.05, 0) is 11.1 Å². The average Bonchev–Trinajstić information content (AvgIpc) is 2.68. The zero-order chi connectivity index (χ0) is 13.7. The molecule has 0 saturated heterocycles. The smallest absolute Gasteiger partial charge is 0.326 e. The largest absolute Gasteiger partial charge is 0.480 e. The van der Waals surface area contributed by atoms with Crippen LogP contribution in [0.3, 0.4) is 0 Å². The van der Waals surface area contributed by atoms with Gasteiger partial charge in [0.1, 0.15) is 6.04 Å². The van der Waals surface area contributed by atoms with E-state index in [4.69, 9.17) is 5.11 Å². The molecule has 0 saturated carbocycles. The molecule has 1 aromatic rings. The van der Waals surface area contributed by atoms with Gasteiger partial charge in [0, 0.05) is 0 Å². The van der Waals surface area contributed by atoms with Crippen molar-refractivity contribution in [1.29, 1.82) is 0 Å². The van der Waals surface area contributed by atoms with Gasteiger partial charge < -0.3 is 15.7 Å². The molecule has 0 aliphatic carbocycles. The number of carboxylic acids is 1. The molecule has 18 heavy (non-hydrogen) atoms. The second-order valence-electron chi connectivity index (χ2n) is 4.08. The highest BCUT2D eigenvalue weighted by molar-refractivity contribution is 5.82. The van der Waals surface area contributed by atoms with E-state index in [1.807, 2.05) is 0 Å². The number of carboxylic acid groups (broad SMARTS) is 1. The number of aliphatic carboxylic acids is 1. The first-order valence-electron chi connectivity index (χ1n) is 5.40. The number of tetrazole rings is 1. The number of hydrogen-bond donors (Lipinski definition) is 3. The first-order valence-corrected chi connectivity index (χ1v) is 5.40. The fraction of sp³-hybridized carbons (Fsp3) is 0.667. The Morgan fingerprint density at radius 3 is 2.56 bits per heavy atom. The van der Waals surface area contributed by atoms with Crippen molar-refractivity contribution in [3.63, 3.8) is 0 Å². The van der Waals surface area contributed by atoms with Gasteiger partial charge in [-0.2, -0.15) is 4.80 Å². The van der Waals surface area contributed by atoms with Crippen LogP contribution in [0.25, 0.3) is 0 Å². The monoisotopic (exact) mass is 256 g/mol. The lowest BCUT2D eigenvalue weighted by Gasteiger charge is -2.17. The molecule has 2 amide bonds. The van der Waals surface area contributed by atoms with Crippen LogP contribution in [-0.2, 0) is 18.4 Å². The third kappa shape index (κ3) is 4.00. The fourth-order valence-corrected chi connectivity index (χ4v) is 1.26. The normalized spacial score (nSPS) is 12.2. The van der Waals surface area contributed by atoms with Crippen molar-refractivity contribution in [2.75, 3.05) is 0 Å². The molecule has 1 unspecified atom stereocenters. The van der Waals surface area contributed by atoms with Gasteiger partial charge in [-0.25, -0.2) is 9.59 Å². The van der Waals surface area contributed by atoms with Crippen molar-refractivity contribution < 1.29 is 14.7 Å². The molecular weight excluding hydrogens is 240 g/mol. The molecule has 0 aliphatic heterocycles. The third-order valence-corrected chi connectivity index (χ3v) is 2.18. The van der Waals surface area contributed by atoms with E-state index >= 15 is 0 Å². The van der Waals surface area contributed by atoms with E-state index in [1.54, 1.807) is 20.9 Å². The molecular formula is C9H16N6O3. The highest BCUT2D eigenvalue weighted by Gasteiger charge is 2.23. The molecule has 0 aliphatic rings. The summed E-state index contributed by atoms with van der Waals surface area (Å²) >= 11 is 0. The molecule has 3 N–H and O–H groups in total. The number of rotatable bonds is 5. The van der Waals surface area contributed by atoms with E-state index in [-0.39, 0.29) is 12.5 Å². The van der Waals surface area contributed by atoms with Gasteiger partial charge in [0.2, 0.25) is 0 Å². The molecule has 0 bridgehead atoms. The third-order valence-electron chi connectivity index (χ3n) is 2.18. The maximum atomic E-state index is 11.5. The van der Waals surface area contributed by atoms with E-state index < -0.39 is 18.0 Å². The minimum absolute atomic E-state index is 0.0874. The summed E-state index contributed by atoms with van der Waals surface area (Å²) in [5.74, 6) is -0.926. The van der Waals surface area contributed by atoms with Crippen molar-refractivity contribution in [1.82, 2.24) is 30.8 Å². The molecule has 1 aromatic heterocycles. The predicted molar refractivity (Wildman–Crippen MR) is 60.4 cm³/mol. The summed E-state index contributed by atoms with van der Waals surface area (Å²) in [6, 6.07) is -1.51. The van der Waals surface area contributed by atoms with Gasteiger partial charge in [-0.1, -0.05) is 13.8 Å². The quantitative estimate of drug-likeness (QED) is 0.628. The number of nitrogens with one attached hydrogen (secondary N) is 2. The van der Waals surface area contributed by atoms with Gasteiger partial charge in [0.15, 0.2) is 5.82 Å². The lowest BCUT2D eigenvalue weighted by atomic mass is 10.1. The molecule has 0 spiro atoms. The summed E-state index contributed by atoms with van der Waals surface area (Å²) in [7, 11) is 1.61. The van der Waals surface area contributed by atoms with Crippen LogP contribution < -0.4 is 10.6 Å². The maximum Gasteiger partial charge on any atom is 0.326 e. The van der Waals surface area contributed by atoms with E-state index in [0.29, 0.717) is 5.82 Å². The Hall–Kier alpha value is -2.19. The van der Waals surface area contributed by atoms with Crippen LogP contribution in [0, 0.1) is 5.92 Å². The van der Waals surface area contributed by atoms with Crippen molar-refractivity contribution in [3.8, 4) is 0 Å². The van der Waals surface area contributed by atoms with Crippen LogP contribution >= 0.6 is 0 Å². The van der Waals surface area contributed by atoms with Gasteiger partial charge >= 0.3 is 12.0 Å². The molecule has 9 nitrogen and oxygen atoms in total. The summed E-state index contributed by atoms with van der Waals surface area (Å²) in [5.41, 5.74) is 0. The average molecular weight is 256 g/mol. The lowest BCUT2D eigenvalue weighted by molar-refractivity contribution is -0.140. The Bertz CT molecular complexity index is 430. The molecule has 0 fully saturated rings. The highest BCUT2D eigenvalue weighted by Crippen LogP contribution is 2.01. The summed E-state index contributed by atoms with van der Waals surface area (Å²) in [6.07, 6.45) is 0. The highest BCUT2D eigenvalue weighted by atomic mass is 16.4. The molecule has 1 atom stereocenters. The van der Waals surface area contributed by atoms with Crippen molar-refractivity contribution in [2.24, 2.45) is 13.0 Å². The number of hydrogen-bond acceptors (Lipinski definition) is 5. The Kier molecular flexibility index (Phi) is 4.58. The SMILES string of the molecule is CC(C)C(NC(=O)NCc1nnn(C)n1)C(=O)O. The van der Waals surface area contributed by atoms with E-state index in [1.165, 1.54) is 4.80 Å². The van der Waals surface area contributed by atoms with E-state index in [0.717, 1.165) is 0 Å². The maximum absolute atomic E-state index is 11.5. The minimum atomic E-state index is -1.07. The summed E-state index contributed by atoms with van der Waals surface area (Å²) in [5, 5.41) is 24.9. The van der Waals surface area contributed by atoms with Crippen LogP contribution in [0.4, 0.5) is 4.79 Å². The summed E-state index contributed by atoms with van der Waals surface area (Å²) < 4.78 is 0. The number of carbonyl (C=O) groups is 2. The molecule has 1 heterocycles. The van der Waals surface area contributed by atoms with Crippen molar-refractivity contribution >= 4 is 12.0 Å². The molecule has 1 rings (SSSR count). The van der Waals surface area contributed by atoms with Crippen LogP contribution in [0.1, 0.15) is 19.7 Å². The number of aromatic nitrogens is 4. The Morgan fingerprint density at radius 2 is 2.11 bits per heavy atom. The molecule has 0 radical (unpaired) electrons. The Morgan fingerprint density at radius 1 is 1.44 bits per heavy atom. The Balaban J connectivity index is 2.43. The standard InChI is InChI=1S/C9H16N6O3/c1-5(2)7(8(16)17)11-9(18)10-4-6-12-14-15(3)13-6/h5,7H,4H2,1-3H3,(H,16,17)(H2,10,11,18). The van der Waals surface area contributed by atoms with Crippen LogP contribution in [0.2, 0.25) is 0 Å². The minimum Gasteiger partial charge on any atom is -0.480 e. The second-order valence-corrected chi connectivity index (χ2v) is 4.08. The zero-order valence-corrected chi connectivity index (χ0v) is 10.4. The van der Waals surface area contributed by atoms with Gasteiger partial charge in [0.05, 0.1) is 13.6 Å². The predicted octanol–water partition coefficient (Wildman–Crippen LogP) is -0.881. The lowest BCUT2D eigenvalue weighted by Crippen LogP contribution is -2.48. The molecule has 100 valence electrons. The second kappa shape index (κ2) is 5.94. The van der Waals surface area contributed by atoms with Crippen molar-refractivity contribution in [2.45, 2.75) is 26.4 Å². The van der Waals surface area contributed by atoms with Crippen LogP contribution in [0.5, 0.6) is 0 Å². The summed E-state index contributed by atoms with van der Waals surface area (Å²) in [4.78, 5) is 23.6. The van der Waals surface area contributed by atoms with Gasteiger partial charge in [-0.3, -0.25) is 0 Å². The first kappa shape index (κ1) is 13.9. The van der Waals surface area contributed by atoms with E-state index in [9.17, 15) is 9.59 Å². The van der Waals surface area contributed by atoms with Gasteiger partial charge in [0.25, 0.3) is 0 Å². The first-order chi connectivity index (χ1) is 8.40. The fourth-order valence-electron chi connectivity index (χ4n) is 1.26. The molecule has 9 heteroatoms. The topological polar surface area (TPSA) is 122 Å². The molecule has 0 aromatic carbocycles. The summed E-state index contributed by atoms with van der Waals surface area (Å²) in [6.45, 7) is 3.51.